The van der Waals surface area contributed by atoms with Crippen LogP contribution in [0.3, 0.4) is 0 Å². The summed E-state index contributed by atoms with van der Waals surface area (Å²) in [5, 5.41) is 16.0. The Morgan fingerprint density at radius 1 is 1.61 bits per heavy atom. The molecule has 0 aliphatic rings. The van der Waals surface area contributed by atoms with Crippen LogP contribution in [-0.4, -0.2) is 63.6 Å². The molecule has 1 aromatic heterocycles. The summed E-state index contributed by atoms with van der Waals surface area (Å²) in [4.78, 5) is 12.7. The maximum absolute atomic E-state index is 12.3. The number of nitrogens with zero attached hydrogens (tertiary/aromatic N) is 4. The first-order valence-corrected chi connectivity index (χ1v) is 5.37. The van der Waals surface area contributed by atoms with Gasteiger partial charge in [-0.3, -0.25) is 9.48 Å². The molecule has 0 saturated carbocycles. The van der Waals surface area contributed by atoms with Gasteiger partial charge in [0.15, 0.2) is 5.69 Å². The van der Waals surface area contributed by atoms with E-state index in [1.54, 1.807) is 0 Å². The summed E-state index contributed by atoms with van der Waals surface area (Å²) in [6, 6.07) is 0. The van der Waals surface area contributed by atoms with Crippen molar-refractivity contribution in [2.45, 2.75) is 13.0 Å². The van der Waals surface area contributed by atoms with Gasteiger partial charge in [-0.25, -0.2) is 8.78 Å². The van der Waals surface area contributed by atoms with E-state index in [1.165, 1.54) is 10.9 Å². The maximum atomic E-state index is 12.3. The van der Waals surface area contributed by atoms with Crippen LogP contribution < -0.4 is 5.73 Å². The van der Waals surface area contributed by atoms with E-state index in [1.807, 2.05) is 0 Å². The largest absolute Gasteiger partial charge is 0.395 e. The fourth-order valence-electron chi connectivity index (χ4n) is 1.36. The smallest absolute Gasteiger partial charge is 0.276 e. The lowest BCUT2D eigenvalue weighted by Gasteiger charge is -2.19. The standard InChI is InChI=1S/C9H15F2N5O2/c10-8(11)6-15(3-4-17)9(18)7-5-16(2-1-12)14-13-7/h5,8,17H,1-4,6,12H2. The first-order valence-electron chi connectivity index (χ1n) is 5.37. The van der Waals surface area contributed by atoms with Gasteiger partial charge in [-0.1, -0.05) is 5.21 Å². The average molecular weight is 263 g/mol. The molecular weight excluding hydrogens is 248 g/mol. The Hall–Kier alpha value is -1.61. The van der Waals surface area contributed by atoms with Crippen LogP contribution in [0.25, 0.3) is 0 Å². The van der Waals surface area contributed by atoms with Crippen LogP contribution in [0.15, 0.2) is 6.20 Å². The van der Waals surface area contributed by atoms with Crippen molar-refractivity contribution in [2.24, 2.45) is 5.73 Å². The van der Waals surface area contributed by atoms with Crippen molar-refractivity contribution < 1.29 is 18.7 Å². The molecule has 0 spiro atoms. The number of rotatable bonds is 7. The third kappa shape index (κ3) is 4.00. The van der Waals surface area contributed by atoms with Gasteiger partial charge in [0.1, 0.15) is 0 Å². The number of aliphatic hydroxyl groups is 1. The summed E-state index contributed by atoms with van der Waals surface area (Å²) in [5.74, 6) is -0.687. The molecule has 0 saturated heterocycles. The highest BCUT2D eigenvalue weighted by Crippen LogP contribution is 2.04. The second kappa shape index (κ2) is 6.97. The molecule has 0 radical (unpaired) electrons. The highest BCUT2D eigenvalue weighted by molar-refractivity contribution is 5.91. The number of amides is 1. The van der Waals surface area contributed by atoms with Gasteiger partial charge in [0.25, 0.3) is 12.3 Å². The quantitative estimate of drug-likeness (QED) is 0.653. The van der Waals surface area contributed by atoms with E-state index in [2.05, 4.69) is 10.3 Å². The van der Waals surface area contributed by atoms with E-state index in [9.17, 15) is 13.6 Å². The Kier molecular flexibility index (Phi) is 5.59. The van der Waals surface area contributed by atoms with Gasteiger partial charge in [-0.05, 0) is 0 Å². The van der Waals surface area contributed by atoms with Crippen molar-refractivity contribution in [2.75, 3.05) is 26.2 Å². The van der Waals surface area contributed by atoms with Gasteiger partial charge >= 0.3 is 0 Å². The van der Waals surface area contributed by atoms with Crippen LogP contribution >= 0.6 is 0 Å². The zero-order valence-electron chi connectivity index (χ0n) is 9.67. The van der Waals surface area contributed by atoms with Crippen molar-refractivity contribution in [1.82, 2.24) is 19.9 Å². The van der Waals surface area contributed by atoms with Gasteiger partial charge in [0, 0.05) is 13.1 Å². The fraction of sp³-hybridized carbons (Fsp3) is 0.667. The van der Waals surface area contributed by atoms with Gasteiger partial charge in [-0.15, -0.1) is 5.10 Å². The van der Waals surface area contributed by atoms with E-state index in [-0.39, 0.29) is 12.2 Å². The van der Waals surface area contributed by atoms with Gasteiger partial charge < -0.3 is 15.7 Å². The second-order valence-corrected chi connectivity index (χ2v) is 3.52. The highest BCUT2D eigenvalue weighted by Gasteiger charge is 2.21. The van der Waals surface area contributed by atoms with Crippen LogP contribution in [-0.2, 0) is 6.54 Å². The molecule has 0 aliphatic carbocycles. The molecule has 0 fully saturated rings. The highest BCUT2D eigenvalue weighted by atomic mass is 19.3. The van der Waals surface area contributed by atoms with E-state index in [0.29, 0.717) is 13.1 Å². The monoisotopic (exact) mass is 263 g/mol. The summed E-state index contributed by atoms with van der Waals surface area (Å²) >= 11 is 0. The van der Waals surface area contributed by atoms with Crippen LogP contribution in [0.5, 0.6) is 0 Å². The number of halogens is 2. The molecule has 18 heavy (non-hydrogen) atoms. The zero-order valence-corrected chi connectivity index (χ0v) is 9.67. The molecule has 0 aliphatic heterocycles. The molecule has 7 nitrogen and oxygen atoms in total. The van der Waals surface area contributed by atoms with Crippen LogP contribution in [0.2, 0.25) is 0 Å². The Balaban J connectivity index is 2.74. The Morgan fingerprint density at radius 2 is 2.33 bits per heavy atom. The number of hydrogen-bond acceptors (Lipinski definition) is 5. The van der Waals surface area contributed by atoms with Crippen molar-refractivity contribution in [3.05, 3.63) is 11.9 Å². The average Bonchev–Trinajstić information content (AvgIpc) is 2.76. The summed E-state index contributed by atoms with van der Waals surface area (Å²) in [5.41, 5.74) is 5.26. The number of carbonyl (C=O) groups excluding carboxylic acids is 1. The van der Waals surface area contributed by atoms with Gasteiger partial charge in [0.2, 0.25) is 0 Å². The van der Waals surface area contributed by atoms with Gasteiger partial charge in [0.05, 0.1) is 25.9 Å². The predicted molar refractivity (Wildman–Crippen MR) is 58.1 cm³/mol. The lowest BCUT2D eigenvalue weighted by atomic mass is 10.3. The van der Waals surface area contributed by atoms with E-state index < -0.39 is 25.5 Å². The molecule has 102 valence electrons. The second-order valence-electron chi connectivity index (χ2n) is 3.52. The molecule has 0 bridgehead atoms. The van der Waals surface area contributed by atoms with Crippen molar-refractivity contribution in [3.63, 3.8) is 0 Å². The molecule has 1 amide bonds. The zero-order chi connectivity index (χ0) is 13.5. The fourth-order valence-corrected chi connectivity index (χ4v) is 1.36. The Morgan fingerprint density at radius 3 is 2.89 bits per heavy atom. The molecule has 0 unspecified atom stereocenters. The molecule has 1 aromatic rings. The number of hydrogen-bond donors (Lipinski definition) is 2. The van der Waals surface area contributed by atoms with Crippen LogP contribution in [0, 0.1) is 0 Å². The minimum atomic E-state index is -2.67. The van der Waals surface area contributed by atoms with Crippen molar-refractivity contribution >= 4 is 5.91 Å². The Bertz CT molecular complexity index is 385. The molecule has 3 N–H and O–H groups in total. The van der Waals surface area contributed by atoms with Crippen molar-refractivity contribution in [3.8, 4) is 0 Å². The SMILES string of the molecule is NCCn1cc(C(=O)N(CCO)CC(F)F)nn1. The van der Waals surface area contributed by atoms with E-state index in [0.717, 1.165) is 4.90 Å². The Labute approximate surface area is 102 Å². The third-order valence-corrected chi connectivity index (χ3v) is 2.13. The lowest BCUT2D eigenvalue weighted by Crippen LogP contribution is -2.37. The first kappa shape index (κ1) is 14.5. The van der Waals surface area contributed by atoms with E-state index in [4.69, 9.17) is 10.8 Å². The minimum absolute atomic E-state index is 0.0439. The normalized spacial score (nSPS) is 10.9. The molecule has 9 heteroatoms. The van der Waals surface area contributed by atoms with Crippen LogP contribution in [0.1, 0.15) is 10.5 Å². The number of alkyl halides is 2. The minimum Gasteiger partial charge on any atom is -0.395 e. The number of aliphatic hydroxyl groups excluding tert-OH is 1. The topological polar surface area (TPSA) is 97.3 Å². The van der Waals surface area contributed by atoms with E-state index >= 15 is 0 Å². The molecular formula is C9H15F2N5O2. The first-order chi connectivity index (χ1) is 8.58. The lowest BCUT2D eigenvalue weighted by molar-refractivity contribution is 0.0504. The number of aromatic nitrogens is 3. The predicted octanol–water partition coefficient (Wildman–Crippen LogP) is -1.06. The maximum Gasteiger partial charge on any atom is 0.276 e. The third-order valence-electron chi connectivity index (χ3n) is 2.13. The number of carbonyl (C=O) groups is 1. The summed E-state index contributed by atoms with van der Waals surface area (Å²) < 4.78 is 25.9. The number of nitrogens with two attached hydrogens (primary N) is 1. The summed E-state index contributed by atoms with van der Waals surface area (Å²) in [7, 11) is 0. The summed E-state index contributed by atoms with van der Waals surface area (Å²) in [6.45, 7) is -0.602. The van der Waals surface area contributed by atoms with Crippen molar-refractivity contribution in [1.29, 1.82) is 0 Å². The molecule has 0 atom stereocenters. The van der Waals surface area contributed by atoms with Crippen LogP contribution in [0.4, 0.5) is 8.78 Å². The van der Waals surface area contributed by atoms with Gasteiger partial charge in [-0.2, -0.15) is 0 Å². The molecule has 1 heterocycles. The summed E-state index contributed by atoms with van der Waals surface area (Å²) in [6.07, 6.45) is -1.33. The molecule has 0 aromatic carbocycles. The molecule has 1 rings (SSSR count).